The van der Waals surface area contributed by atoms with Gasteiger partial charge in [-0.25, -0.2) is 0 Å². The number of nitrogens with one attached hydrogen (secondary N) is 1. The van der Waals surface area contributed by atoms with E-state index in [0.717, 1.165) is 64.4 Å². The quantitative estimate of drug-likeness (QED) is 0.568. The number of guanidine groups is 1. The zero-order valence-corrected chi connectivity index (χ0v) is 17.0. The summed E-state index contributed by atoms with van der Waals surface area (Å²) in [6.07, 6.45) is 5.51. The average molecular weight is 366 g/mol. The standard InChI is InChI=1S/C20H39N5O/c1-18(15-24-10-12-26-13-11-24)14-22-20(21-2)25-9-6-19(17-25)16-23-7-4-3-5-8-23/h18-19H,3-17H2,1-2H3,(H,21,22). The van der Waals surface area contributed by atoms with Gasteiger partial charge in [0.1, 0.15) is 0 Å². The number of nitrogens with zero attached hydrogens (tertiary/aromatic N) is 4. The summed E-state index contributed by atoms with van der Waals surface area (Å²) < 4.78 is 5.44. The molecule has 0 aromatic rings. The van der Waals surface area contributed by atoms with Crippen molar-refractivity contribution in [3.05, 3.63) is 0 Å². The molecule has 0 radical (unpaired) electrons. The summed E-state index contributed by atoms with van der Waals surface area (Å²) in [6.45, 7) is 14.6. The number of hydrogen-bond acceptors (Lipinski definition) is 4. The van der Waals surface area contributed by atoms with Gasteiger partial charge < -0.3 is 19.9 Å². The first-order chi connectivity index (χ1) is 12.7. The Labute approximate surface area is 159 Å². The van der Waals surface area contributed by atoms with Crippen LogP contribution in [0.1, 0.15) is 32.6 Å². The predicted octanol–water partition coefficient (Wildman–Crippen LogP) is 1.34. The fourth-order valence-electron chi connectivity index (χ4n) is 4.57. The van der Waals surface area contributed by atoms with E-state index < -0.39 is 0 Å². The summed E-state index contributed by atoms with van der Waals surface area (Å²) in [5.41, 5.74) is 0. The van der Waals surface area contributed by atoms with Gasteiger partial charge in [0, 0.05) is 52.9 Å². The van der Waals surface area contributed by atoms with Crippen LogP contribution >= 0.6 is 0 Å². The molecule has 0 spiro atoms. The van der Waals surface area contributed by atoms with Crippen LogP contribution in [0, 0.1) is 11.8 Å². The Morgan fingerprint density at radius 3 is 2.58 bits per heavy atom. The Hall–Kier alpha value is -0.850. The number of rotatable bonds is 6. The minimum absolute atomic E-state index is 0.622. The fourth-order valence-corrected chi connectivity index (χ4v) is 4.57. The van der Waals surface area contributed by atoms with E-state index in [2.05, 4.69) is 31.9 Å². The Balaban J connectivity index is 1.37. The van der Waals surface area contributed by atoms with E-state index in [0.29, 0.717) is 5.92 Å². The van der Waals surface area contributed by atoms with Gasteiger partial charge in [-0.15, -0.1) is 0 Å². The molecule has 0 saturated carbocycles. The van der Waals surface area contributed by atoms with E-state index in [1.54, 1.807) is 0 Å². The normalized spacial score (nSPS) is 27.7. The molecule has 2 atom stereocenters. The van der Waals surface area contributed by atoms with E-state index in [1.165, 1.54) is 45.3 Å². The highest BCUT2D eigenvalue weighted by Crippen LogP contribution is 2.20. The Bertz CT molecular complexity index is 432. The monoisotopic (exact) mass is 365 g/mol. The molecular weight excluding hydrogens is 326 g/mol. The van der Waals surface area contributed by atoms with Crippen molar-refractivity contribution in [1.82, 2.24) is 20.0 Å². The maximum atomic E-state index is 5.44. The van der Waals surface area contributed by atoms with Crippen LogP contribution < -0.4 is 5.32 Å². The van der Waals surface area contributed by atoms with Crippen molar-refractivity contribution in [1.29, 1.82) is 0 Å². The van der Waals surface area contributed by atoms with Crippen LogP contribution in [-0.4, -0.2) is 99.8 Å². The van der Waals surface area contributed by atoms with E-state index in [4.69, 9.17) is 4.74 Å². The van der Waals surface area contributed by atoms with Crippen LogP contribution in [-0.2, 0) is 4.74 Å². The highest BCUT2D eigenvalue weighted by molar-refractivity contribution is 5.80. The first kappa shape index (κ1) is 19.9. The van der Waals surface area contributed by atoms with Crippen LogP contribution in [0.4, 0.5) is 0 Å². The lowest BCUT2D eigenvalue weighted by atomic mass is 10.1. The Kier molecular flexibility index (Phi) is 8.02. The van der Waals surface area contributed by atoms with Gasteiger partial charge in [-0.3, -0.25) is 9.89 Å². The number of hydrogen-bond donors (Lipinski definition) is 1. The molecule has 0 aromatic heterocycles. The molecule has 2 unspecified atom stereocenters. The van der Waals surface area contributed by atoms with E-state index >= 15 is 0 Å². The summed E-state index contributed by atoms with van der Waals surface area (Å²) in [4.78, 5) is 12.2. The molecule has 0 aromatic carbocycles. The SMILES string of the molecule is CN=C(NCC(C)CN1CCOCC1)N1CCC(CN2CCCCC2)C1. The fraction of sp³-hybridized carbons (Fsp3) is 0.950. The Morgan fingerprint density at radius 1 is 1.08 bits per heavy atom. The Morgan fingerprint density at radius 2 is 1.85 bits per heavy atom. The largest absolute Gasteiger partial charge is 0.379 e. The number of morpholine rings is 1. The summed E-state index contributed by atoms with van der Waals surface area (Å²) in [5.74, 6) is 2.52. The molecule has 3 saturated heterocycles. The molecular formula is C20H39N5O. The molecule has 0 amide bonds. The lowest BCUT2D eigenvalue weighted by Crippen LogP contribution is -2.45. The third-order valence-electron chi connectivity index (χ3n) is 6.04. The summed E-state index contributed by atoms with van der Waals surface area (Å²) in [7, 11) is 1.92. The first-order valence-corrected chi connectivity index (χ1v) is 10.7. The van der Waals surface area contributed by atoms with Gasteiger partial charge in [0.15, 0.2) is 5.96 Å². The summed E-state index contributed by atoms with van der Waals surface area (Å²) >= 11 is 0. The van der Waals surface area contributed by atoms with Crippen LogP contribution in [0.3, 0.4) is 0 Å². The molecule has 0 aliphatic carbocycles. The second-order valence-corrected chi connectivity index (χ2v) is 8.41. The van der Waals surface area contributed by atoms with Crippen molar-refractivity contribution < 1.29 is 4.74 Å². The van der Waals surface area contributed by atoms with Gasteiger partial charge in [0.25, 0.3) is 0 Å². The second-order valence-electron chi connectivity index (χ2n) is 8.41. The van der Waals surface area contributed by atoms with Crippen LogP contribution in [0.5, 0.6) is 0 Å². The minimum atomic E-state index is 0.622. The van der Waals surface area contributed by atoms with Gasteiger partial charge in [-0.1, -0.05) is 13.3 Å². The summed E-state index contributed by atoms with van der Waals surface area (Å²) in [5, 5.41) is 3.63. The van der Waals surface area contributed by atoms with Gasteiger partial charge in [0.2, 0.25) is 0 Å². The summed E-state index contributed by atoms with van der Waals surface area (Å²) in [6, 6.07) is 0. The first-order valence-electron chi connectivity index (χ1n) is 10.7. The molecule has 6 heteroatoms. The minimum Gasteiger partial charge on any atom is -0.379 e. The van der Waals surface area contributed by atoms with Crippen molar-refractivity contribution in [2.75, 3.05) is 79.2 Å². The molecule has 3 heterocycles. The number of aliphatic imine (C=N–C) groups is 1. The molecule has 3 aliphatic heterocycles. The maximum absolute atomic E-state index is 5.44. The van der Waals surface area contributed by atoms with E-state index in [9.17, 15) is 0 Å². The van der Waals surface area contributed by atoms with Crippen LogP contribution in [0.25, 0.3) is 0 Å². The molecule has 3 rings (SSSR count). The van der Waals surface area contributed by atoms with Crippen molar-refractivity contribution >= 4 is 5.96 Å². The molecule has 26 heavy (non-hydrogen) atoms. The average Bonchev–Trinajstić information content (AvgIpc) is 3.12. The third kappa shape index (κ3) is 6.10. The lowest BCUT2D eigenvalue weighted by molar-refractivity contribution is 0.0320. The molecule has 0 bridgehead atoms. The molecule has 1 N–H and O–H groups in total. The van der Waals surface area contributed by atoms with E-state index in [-0.39, 0.29) is 0 Å². The maximum Gasteiger partial charge on any atom is 0.193 e. The predicted molar refractivity (Wildman–Crippen MR) is 108 cm³/mol. The van der Waals surface area contributed by atoms with Gasteiger partial charge in [-0.2, -0.15) is 0 Å². The number of ether oxygens (including phenoxy) is 1. The zero-order chi connectivity index (χ0) is 18.2. The van der Waals surface area contributed by atoms with E-state index in [1.807, 2.05) is 7.05 Å². The van der Waals surface area contributed by atoms with Crippen molar-refractivity contribution in [2.45, 2.75) is 32.6 Å². The van der Waals surface area contributed by atoms with Crippen LogP contribution in [0.2, 0.25) is 0 Å². The van der Waals surface area contributed by atoms with Gasteiger partial charge in [0.05, 0.1) is 13.2 Å². The molecule has 150 valence electrons. The van der Waals surface area contributed by atoms with Crippen molar-refractivity contribution in [3.8, 4) is 0 Å². The number of piperidine rings is 1. The highest BCUT2D eigenvalue weighted by atomic mass is 16.5. The zero-order valence-electron chi connectivity index (χ0n) is 17.0. The smallest absolute Gasteiger partial charge is 0.193 e. The highest BCUT2D eigenvalue weighted by Gasteiger charge is 2.27. The van der Waals surface area contributed by atoms with Crippen LogP contribution in [0.15, 0.2) is 4.99 Å². The van der Waals surface area contributed by atoms with Crippen molar-refractivity contribution in [2.24, 2.45) is 16.8 Å². The molecule has 6 nitrogen and oxygen atoms in total. The molecule has 3 fully saturated rings. The number of likely N-dealkylation sites (tertiary alicyclic amines) is 2. The lowest BCUT2D eigenvalue weighted by Gasteiger charge is -2.30. The topological polar surface area (TPSA) is 43.3 Å². The van der Waals surface area contributed by atoms with Crippen molar-refractivity contribution in [3.63, 3.8) is 0 Å². The van der Waals surface area contributed by atoms with Gasteiger partial charge >= 0.3 is 0 Å². The van der Waals surface area contributed by atoms with Gasteiger partial charge in [-0.05, 0) is 44.2 Å². The third-order valence-corrected chi connectivity index (χ3v) is 6.04. The molecule has 3 aliphatic rings. The second kappa shape index (κ2) is 10.5.